The standard InChI is InChI=1S/C17H15ClN2/c18-11-13-4-3-5-14(10-13)12-20-17-16-7-2-1-6-15(16)8-9-19-17/h1-10H,11-12H2,(H,19,20). The minimum atomic E-state index is 0.542. The highest BCUT2D eigenvalue weighted by Crippen LogP contribution is 2.21. The maximum atomic E-state index is 5.86. The topological polar surface area (TPSA) is 24.9 Å². The normalized spacial score (nSPS) is 10.7. The minimum Gasteiger partial charge on any atom is -0.365 e. The fourth-order valence-corrected chi connectivity index (χ4v) is 2.44. The molecule has 0 spiro atoms. The molecule has 0 unspecified atom stereocenters. The number of fused-ring (bicyclic) bond motifs is 1. The Hall–Kier alpha value is -2.06. The first-order chi connectivity index (χ1) is 9.86. The van der Waals surface area contributed by atoms with E-state index >= 15 is 0 Å². The molecule has 2 nitrogen and oxygen atoms in total. The predicted octanol–water partition coefficient (Wildman–Crippen LogP) is 4.59. The molecule has 0 radical (unpaired) electrons. The third-order valence-corrected chi connectivity index (χ3v) is 3.59. The zero-order valence-electron chi connectivity index (χ0n) is 11.0. The summed E-state index contributed by atoms with van der Waals surface area (Å²) in [5.74, 6) is 1.46. The fraction of sp³-hybridized carbons (Fsp3) is 0.118. The summed E-state index contributed by atoms with van der Waals surface area (Å²) >= 11 is 5.86. The highest BCUT2D eigenvalue weighted by Gasteiger charge is 2.01. The Bertz CT molecular complexity index is 720. The molecule has 0 bridgehead atoms. The maximum absolute atomic E-state index is 5.86. The number of nitrogens with zero attached hydrogens (tertiary/aromatic N) is 1. The number of anilines is 1. The summed E-state index contributed by atoms with van der Waals surface area (Å²) in [6, 6.07) is 18.5. The van der Waals surface area contributed by atoms with Gasteiger partial charge in [0.05, 0.1) is 0 Å². The van der Waals surface area contributed by atoms with Crippen LogP contribution in [0.2, 0.25) is 0 Å². The first-order valence-electron chi connectivity index (χ1n) is 6.58. The lowest BCUT2D eigenvalue weighted by Crippen LogP contribution is -2.02. The number of rotatable bonds is 4. The summed E-state index contributed by atoms with van der Waals surface area (Å²) in [5.41, 5.74) is 2.34. The summed E-state index contributed by atoms with van der Waals surface area (Å²) in [7, 11) is 0. The Balaban J connectivity index is 1.83. The van der Waals surface area contributed by atoms with Crippen molar-refractivity contribution in [1.29, 1.82) is 0 Å². The summed E-state index contributed by atoms with van der Waals surface area (Å²) in [4.78, 5) is 4.43. The first kappa shape index (κ1) is 12.9. The van der Waals surface area contributed by atoms with Crippen molar-refractivity contribution in [2.45, 2.75) is 12.4 Å². The van der Waals surface area contributed by atoms with Crippen LogP contribution in [0, 0.1) is 0 Å². The highest BCUT2D eigenvalue weighted by atomic mass is 35.5. The van der Waals surface area contributed by atoms with Crippen molar-refractivity contribution in [1.82, 2.24) is 4.98 Å². The maximum Gasteiger partial charge on any atom is 0.134 e. The zero-order valence-corrected chi connectivity index (χ0v) is 11.8. The molecule has 3 heteroatoms. The van der Waals surface area contributed by atoms with Gasteiger partial charge in [0.1, 0.15) is 5.82 Å². The van der Waals surface area contributed by atoms with E-state index in [-0.39, 0.29) is 0 Å². The third-order valence-electron chi connectivity index (χ3n) is 3.28. The van der Waals surface area contributed by atoms with Gasteiger partial charge in [-0.1, -0.05) is 48.5 Å². The monoisotopic (exact) mass is 282 g/mol. The number of hydrogen-bond acceptors (Lipinski definition) is 2. The van der Waals surface area contributed by atoms with Crippen LogP contribution in [0.1, 0.15) is 11.1 Å². The summed E-state index contributed by atoms with van der Waals surface area (Å²) in [5, 5.41) is 5.74. The molecule has 3 aromatic rings. The van der Waals surface area contributed by atoms with Crippen LogP contribution in [0.25, 0.3) is 10.8 Å². The van der Waals surface area contributed by atoms with Gasteiger partial charge in [-0.15, -0.1) is 11.6 Å². The van der Waals surface area contributed by atoms with Gasteiger partial charge in [0.15, 0.2) is 0 Å². The summed E-state index contributed by atoms with van der Waals surface area (Å²) < 4.78 is 0. The van der Waals surface area contributed by atoms with E-state index in [1.54, 1.807) is 0 Å². The van der Waals surface area contributed by atoms with E-state index in [0.29, 0.717) is 5.88 Å². The van der Waals surface area contributed by atoms with E-state index in [1.807, 2.05) is 36.5 Å². The molecule has 1 N–H and O–H groups in total. The Labute approximate surface area is 123 Å². The Morgan fingerprint density at radius 3 is 2.70 bits per heavy atom. The van der Waals surface area contributed by atoms with Gasteiger partial charge in [-0.2, -0.15) is 0 Å². The van der Waals surface area contributed by atoms with Crippen molar-refractivity contribution in [2.24, 2.45) is 0 Å². The molecule has 2 aromatic carbocycles. The second-order valence-corrected chi connectivity index (χ2v) is 4.96. The van der Waals surface area contributed by atoms with Gasteiger partial charge in [0.25, 0.3) is 0 Å². The van der Waals surface area contributed by atoms with E-state index in [4.69, 9.17) is 11.6 Å². The Morgan fingerprint density at radius 1 is 0.950 bits per heavy atom. The number of hydrogen-bond donors (Lipinski definition) is 1. The highest BCUT2D eigenvalue weighted by molar-refractivity contribution is 6.17. The smallest absolute Gasteiger partial charge is 0.134 e. The van der Waals surface area contributed by atoms with Crippen LogP contribution >= 0.6 is 11.6 Å². The van der Waals surface area contributed by atoms with Gasteiger partial charge in [0, 0.05) is 24.0 Å². The van der Waals surface area contributed by atoms with Crippen molar-refractivity contribution in [2.75, 3.05) is 5.32 Å². The largest absolute Gasteiger partial charge is 0.365 e. The summed E-state index contributed by atoms with van der Waals surface area (Å²) in [6.45, 7) is 0.742. The number of pyridine rings is 1. The molecule has 0 aliphatic carbocycles. The number of nitrogens with one attached hydrogen (secondary N) is 1. The van der Waals surface area contributed by atoms with Gasteiger partial charge in [-0.05, 0) is 22.6 Å². The first-order valence-corrected chi connectivity index (χ1v) is 7.11. The Kier molecular flexibility index (Phi) is 3.84. The minimum absolute atomic E-state index is 0.542. The van der Waals surface area contributed by atoms with Crippen molar-refractivity contribution < 1.29 is 0 Å². The van der Waals surface area contributed by atoms with Crippen LogP contribution in [0.15, 0.2) is 60.8 Å². The van der Waals surface area contributed by atoms with Crippen LogP contribution < -0.4 is 5.32 Å². The molecule has 0 amide bonds. The van der Waals surface area contributed by atoms with Crippen molar-refractivity contribution in [3.05, 3.63) is 71.9 Å². The third kappa shape index (κ3) is 2.75. The zero-order chi connectivity index (χ0) is 13.8. The lowest BCUT2D eigenvalue weighted by Gasteiger charge is -2.09. The van der Waals surface area contributed by atoms with Gasteiger partial charge < -0.3 is 5.32 Å². The van der Waals surface area contributed by atoms with Gasteiger partial charge in [-0.3, -0.25) is 0 Å². The average Bonchev–Trinajstić information content (AvgIpc) is 2.53. The fourth-order valence-electron chi connectivity index (χ4n) is 2.27. The number of halogens is 1. The second-order valence-electron chi connectivity index (χ2n) is 4.69. The number of aromatic nitrogens is 1. The molecule has 0 aliphatic rings. The second kappa shape index (κ2) is 5.93. The number of alkyl halides is 1. The van der Waals surface area contributed by atoms with E-state index in [0.717, 1.165) is 23.3 Å². The van der Waals surface area contributed by atoms with Crippen LogP contribution in [0.3, 0.4) is 0 Å². The van der Waals surface area contributed by atoms with Gasteiger partial charge in [-0.25, -0.2) is 4.98 Å². The van der Waals surface area contributed by atoms with Crippen LogP contribution in [0.5, 0.6) is 0 Å². The molecule has 0 fully saturated rings. The summed E-state index contributed by atoms with van der Waals surface area (Å²) in [6.07, 6.45) is 1.83. The molecule has 100 valence electrons. The van der Waals surface area contributed by atoms with Gasteiger partial charge in [0.2, 0.25) is 0 Å². The Morgan fingerprint density at radius 2 is 1.80 bits per heavy atom. The van der Waals surface area contributed by atoms with E-state index in [9.17, 15) is 0 Å². The molecule has 1 heterocycles. The number of benzene rings is 2. The van der Waals surface area contributed by atoms with Crippen LogP contribution in [-0.4, -0.2) is 4.98 Å². The average molecular weight is 283 g/mol. The predicted molar refractivity (Wildman–Crippen MR) is 85.1 cm³/mol. The van der Waals surface area contributed by atoms with Crippen LogP contribution in [0.4, 0.5) is 5.82 Å². The molecule has 0 atom stereocenters. The molecule has 20 heavy (non-hydrogen) atoms. The quantitative estimate of drug-likeness (QED) is 0.708. The SMILES string of the molecule is ClCc1cccc(CNc2nccc3ccccc23)c1. The van der Waals surface area contributed by atoms with Crippen LogP contribution in [-0.2, 0) is 12.4 Å². The van der Waals surface area contributed by atoms with Crippen molar-refractivity contribution >= 4 is 28.2 Å². The molecule has 0 aliphatic heterocycles. The lowest BCUT2D eigenvalue weighted by molar-refractivity contribution is 1.11. The van der Waals surface area contributed by atoms with E-state index in [2.05, 4.69) is 34.6 Å². The lowest BCUT2D eigenvalue weighted by atomic mass is 10.1. The van der Waals surface area contributed by atoms with Crippen molar-refractivity contribution in [3.63, 3.8) is 0 Å². The molecule has 0 saturated heterocycles. The van der Waals surface area contributed by atoms with Crippen molar-refractivity contribution in [3.8, 4) is 0 Å². The molecular formula is C17H15ClN2. The molecular weight excluding hydrogens is 268 g/mol. The van der Waals surface area contributed by atoms with E-state index in [1.165, 1.54) is 10.9 Å². The van der Waals surface area contributed by atoms with Gasteiger partial charge >= 0.3 is 0 Å². The molecule has 0 saturated carbocycles. The van der Waals surface area contributed by atoms with E-state index < -0.39 is 0 Å². The molecule has 1 aromatic heterocycles. The molecule has 3 rings (SSSR count).